The van der Waals surface area contributed by atoms with Crippen LogP contribution in [0.25, 0.3) is 0 Å². The zero-order chi connectivity index (χ0) is 15.6. The van der Waals surface area contributed by atoms with Crippen LogP contribution in [0.4, 0.5) is 0 Å². The van der Waals surface area contributed by atoms with Crippen LogP contribution in [0.2, 0.25) is 0 Å². The Morgan fingerprint density at radius 3 is 2.57 bits per heavy atom. The minimum absolute atomic E-state index is 0.00466. The first-order chi connectivity index (χ1) is 9.88. The van der Waals surface area contributed by atoms with Crippen molar-refractivity contribution in [1.29, 1.82) is 0 Å². The van der Waals surface area contributed by atoms with Gasteiger partial charge in [-0.15, -0.1) is 0 Å². The second kappa shape index (κ2) is 6.29. The predicted molar refractivity (Wildman–Crippen MR) is 80.7 cm³/mol. The van der Waals surface area contributed by atoms with Gasteiger partial charge in [-0.1, -0.05) is 25.1 Å². The fraction of sp³-hybridized carbons (Fsp3) is 0.529. The van der Waals surface area contributed by atoms with Gasteiger partial charge in [0.1, 0.15) is 0 Å². The number of amides is 1. The molecule has 4 nitrogen and oxygen atoms in total. The maximum absolute atomic E-state index is 11.8. The molecule has 3 atom stereocenters. The van der Waals surface area contributed by atoms with Gasteiger partial charge >= 0.3 is 5.97 Å². The number of carbonyl (C=O) groups is 2. The second-order valence-corrected chi connectivity index (χ2v) is 6.06. The van der Waals surface area contributed by atoms with Crippen LogP contribution in [0.5, 0.6) is 0 Å². The molecule has 1 amide bonds. The number of hydrogen-bond acceptors (Lipinski definition) is 3. The highest BCUT2D eigenvalue weighted by molar-refractivity contribution is 5.82. The number of benzene rings is 1. The van der Waals surface area contributed by atoms with E-state index in [-0.39, 0.29) is 30.4 Å². The summed E-state index contributed by atoms with van der Waals surface area (Å²) >= 11 is 0. The monoisotopic (exact) mass is 289 g/mol. The van der Waals surface area contributed by atoms with E-state index < -0.39 is 0 Å². The van der Waals surface area contributed by atoms with E-state index in [2.05, 4.69) is 18.3 Å². The van der Waals surface area contributed by atoms with Crippen LogP contribution in [0, 0.1) is 25.7 Å². The minimum atomic E-state index is -0.262. The van der Waals surface area contributed by atoms with Crippen LogP contribution in [-0.2, 0) is 14.3 Å². The van der Waals surface area contributed by atoms with Gasteiger partial charge in [-0.05, 0) is 49.8 Å². The molecule has 1 aliphatic carbocycles. The van der Waals surface area contributed by atoms with Crippen molar-refractivity contribution < 1.29 is 14.3 Å². The highest BCUT2D eigenvalue weighted by atomic mass is 16.5. The fourth-order valence-corrected chi connectivity index (χ4v) is 2.29. The lowest BCUT2D eigenvalue weighted by Gasteiger charge is -2.15. The molecule has 1 saturated carbocycles. The molecular weight excluding hydrogens is 266 g/mol. The highest BCUT2D eigenvalue weighted by Crippen LogP contribution is 2.38. The van der Waals surface area contributed by atoms with Crippen molar-refractivity contribution in [3.05, 3.63) is 34.9 Å². The van der Waals surface area contributed by atoms with E-state index in [1.165, 1.54) is 11.1 Å². The lowest BCUT2D eigenvalue weighted by atomic mass is 10.0. The molecule has 1 fully saturated rings. The SMILES string of the molecule is Cc1ccc(C(C)NC(=O)COC(=O)C2CC2C)cc1C. The summed E-state index contributed by atoms with van der Waals surface area (Å²) in [5.41, 5.74) is 3.47. The summed E-state index contributed by atoms with van der Waals surface area (Å²) < 4.78 is 5.03. The molecule has 0 radical (unpaired) electrons. The van der Waals surface area contributed by atoms with Gasteiger partial charge in [0.05, 0.1) is 12.0 Å². The summed E-state index contributed by atoms with van der Waals surface area (Å²) in [5.74, 6) is -0.121. The summed E-state index contributed by atoms with van der Waals surface area (Å²) in [6.07, 6.45) is 0.875. The van der Waals surface area contributed by atoms with E-state index in [1.807, 2.05) is 32.9 Å². The number of carbonyl (C=O) groups excluding carboxylic acids is 2. The summed E-state index contributed by atoms with van der Waals surface area (Å²) in [4.78, 5) is 23.4. The second-order valence-electron chi connectivity index (χ2n) is 6.06. The van der Waals surface area contributed by atoms with E-state index in [0.29, 0.717) is 5.92 Å². The van der Waals surface area contributed by atoms with Gasteiger partial charge in [0.25, 0.3) is 5.91 Å². The molecule has 3 unspecified atom stereocenters. The van der Waals surface area contributed by atoms with Crippen LogP contribution in [0.15, 0.2) is 18.2 Å². The Labute approximate surface area is 125 Å². The Bertz CT molecular complexity index is 553. The molecule has 0 saturated heterocycles. The fourth-order valence-electron chi connectivity index (χ4n) is 2.29. The number of hydrogen-bond donors (Lipinski definition) is 1. The number of ether oxygens (including phenoxy) is 1. The number of rotatable bonds is 5. The first-order valence-electron chi connectivity index (χ1n) is 7.41. The smallest absolute Gasteiger partial charge is 0.309 e. The molecule has 1 aromatic carbocycles. The van der Waals surface area contributed by atoms with Crippen LogP contribution in [0.1, 0.15) is 43.0 Å². The van der Waals surface area contributed by atoms with Gasteiger partial charge in [0.15, 0.2) is 6.61 Å². The van der Waals surface area contributed by atoms with Crippen molar-refractivity contribution in [2.75, 3.05) is 6.61 Å². The average Bonchev–Trinajstić information content (AvgIpc) is 3.16. The van der Waals surface area contributed by atoms with Crippen molar-refractivity contribution in [3.63, 3.8) is 0 Å². The largest absolute Gasteiger partial charge is 0.455 e. The van der Waals surface area contributed by atoms with Crippen LogP contribution in [0.3, 0.4) is 0 Å². The van der Waals surface area contributed by atoms with Crippen LogP contribution < -0.4 is 5.32 Å². The normalized spacial score (nSPS) is 21.5. The summed E-state index contributed by atoms with van der Waals surface area (Å²) in [6.45, 7) is 7.84. The van der Waals surface area contributed by atoms with Crippen molar-refractivity contribution >= 4 is 11.9 Å². The predicted octanol–water partition coefficient (Wildman–Crippen LogP) is 2.68. The van der Waals surface area contributed by atoms with E-state index in [1.54, 1.807) is 0 Å². The highest BCUT2D eigenvalue weighted by Gasteiger charge is 2.40. The standard InChI is InChI=1S/C17H23NO3/c1-10-5-6-14(7-11(10)2)13(4)18-16(19)9-21-17(20)15-8-12(15)3/h5-7,12-13,15H,8-9H2,1-4H3,(H,18,19). The molecule has 2 rings (SSSR count). The Hall–Kier alpha value is -1.84. The van der Waals surface area contributed by atoms with Crippen molar-refractivity contribution in [2.24, 2.45) is 11.8 Å². The molecule has 0 aliphatic heterocycles. The zero-order valence-electron chi connectivity index (χ0n) is 13.1. The molecule has 21 heavy (non-hydrogen) atoms. The number of esters is 1. The first kappa shape index (κ1) is 15.5. The minimum Gasteiger partial charge on any atom is -0.455 e. The maximum Gasteiger partial charge on any atom is 0.309 e. The van der Waals surface area contributed by atoms with Gasteiger partial charge in [-0.3, -0.25) is 9.59 Å². The lowest BCUT2D eigenvalue weighted by molar-refractivity contribution is -0.150. The maximum atomic E-state index is 11.8. The van der Waals surface area contributed by atoms with Crippen LogP contribution in [-0.4, -0.2) is 18.5 Å². The molecular formula is C17H23NO3. The molecule has 1 aliphatic rings. The van der Waals surface area contributed by atoms with Gasteiger partial charge in [-0.25, -0.2) is 0 Å². The Balaban J connectivity index is 1.81. The van der Waals surface area contributed by atoms with Crippen molar-refractivity contribution in [1.82, 2.24) is 5.32 Å². The number of nitrogens with one attached hydrogen (secondary N) is 1. The Kier molecular flexibility index (Phi) is 4.66. The molecule has 4 heteroatoms. The molecule has 0 heterocycles. The van der Waals surface area contributed by atoms with Gasteiger partial charge < -0.3 is 10.1 Å². The molecule has 0 bridgehead atoms. The van der Waals surface area contributed by atoms with E-state index in [0.717, 1.165) is 12.0 Å². The van der Waals surface area contributed by atoms with Gasteiger partial charge in [0, 0.05) is 0 Å². The topological polar surface area (TPSA) is 55.4 Å². The van der Waals surface area contributed by atoms with Crippen LogP contribution >= 0.6 is 0 Å². The Morgan fingerprint density at radius 2 is 2.00 bits per heavy atom. The van der Waals surface area contributed by atoms with Crippen molar-refractivity contribution in [2.45, 2.75) is 40.2 Å². The van der Waals surface area contributed by atoms with E-state index in [9.17, 15) is 9.59 Å². The van der Waals surface area contributed by atoms with Gasteiger partial charge in [-0.2, -0.15) is 0 Å². The van der Waals surface area contributed by atoms with Crippen molar-refractivity contribution in [3.8, 4) is 0 Å². The van der Waals surface area contributed by atoms with E-state index >= 15 is 0 Å². The summed E-state index contributed by atoms with van der Waals surface area (Å²) in [6, 6.07) is 6.01. The third-order valence-electron chi connectivity index (χ3n) is 4.17. The molecule has 0 spiro atoms. The van der Waals surface area contributed by atoms with Gasteiger partial charge in [0.2, 0.25) is 0 Å². The first-order valence-corrected chi connectivity index (χ1v) is 7.41. The zero-order valence-corrected chi connectivity index (χ0v) is 13.1. The molecule has 114 valence electrons. The molecule has 1 N–H and O–H groups in total. The summed E-state index contributed by atoms with van der Waals surface area (Å²) in [5, 5.41) is 2.85. The average molecular weight is 289 g/mol. The molecule has 0 aromatic heterocycles. The quantitative estimate of drug-likeness (QED) is 0.848. The lowest BCUT2D eigenvalue weighted by Crippen LogP contribution is -2.31. The summed E-state index contributed by atoms with van der Waals surface area (Å²) in [7, 11) is 0. The third-order valence-corrected chi connectivity index (χ3v) is 4.17. The van der Waals surface area contributed by atoms with E-state index in [4.69, 9.17) is 4.74 Å². The number of aryl methyl sites for hydroxylation is 2. The Morgan fingerprint density at radius 1 is 1.33 bits per heavy atom. The molecule has 1 aromatic rings. The third kappa shape index (κ3) is 4.06.